The van der Waals surface area contributed by atoms with Gasteiger partial charge in [-0.3, -0.25) is 4.55 Å². The van der Waals surface area contributed by atoms with Crippen LogP contribution in [-0.4, -0.2) is 22.9 Å². The summed E-state index contributed by atoms with van der Waals surface area (Å²) in [6.07, 6.45) is 1.31. The molecule has 0 spiro atoms. The molecule has 2 aromatic carbocycles. The van der Waals surface area contributed by atoms with Gasteiger partial charge in [0.05, 0.1) is 10.2 Å². The van der Waals surface area contributed by atoms with Crippen LogP contribution in [0.25, 0.3) is 40.6 Å². The van der Waals surface area contributed by atoms with Gasteiger partial charge in [0.2, 0.25) is 4.34 Å². The smallest absolute Gasteiger partial charge is 0.322 e. The van der Waals surface area contributed by atoms with Crippen LogP contribution in [0.1, 0.15) is 0 Å². The van der Waals surface area contributed by atoms with E-state index in [1.165, 1.54) is 52.2 Å². The van der Waals surface area contributed by atoms with E-state index in [0.29, 0.717) is 0 Å². The summed E-state index contributed by atoms with van der Waals surface area (Å²) in [5, 5.41) is 14.0. The Kier molecular flexibility index (Phi) is 8.65. The lowest BCUT2D eigenvalue weighted by molar-refractivity contribution is 0.482. The SMILES string of the molecule is O=S(=O)(O)c1nccs1.c1cc2c([nH]c3ccsc32)s1.c1ccc2sccc2c1.c1ccc2sccc2c1. The first kappa shape index (κ1) is 26.7. The number of benzene rings is 2. The molecule has 2 N–H and O–H groups in total. The predicted molar refractivity (Wildman–Crippen MR) is 167 cm³/mol. The van der Waals surface area contributed by atoms with Crippen LogP contribution in [-0.2, 0) is 10.1 Å². The Morgan fingerprint density at radius 1 is 0.658 bits per heavy atom. The molecule has 0 bridgehead atoms. The molecular weight excluding hydrogens is 593 g/mol. The van der Waals surface area contributed by atoms with Crippen molar-refractivity contribution in [2.45, 2.75) is 4.34 Å². The number of H-pyrrole nitrogens is 1. The third kappa shape index (κ3) is 6.56. The lowest BCUT2D eigenvalue weighted by Gasteiger charge is -1.83. The summed E-state index contributed by atoms with van der Waals surface area (Å²) in [4.78, 5) is 8.03. The summed E-state index contributed by atoms with van der Waals surface area (Å²) in [6, 6.07) is 25.4. The zero-order valence-corrected chi connectivity index (χ0v) is 24.5. The van der Waals surface area contributed by atoms with Gasteiger partial charge >= 0.3 is 10.1 Å². The molecule has 0 saturated heterocycles. The summed E-state index contributed by atoms with van der Waals surface area (Å²) in [7, 11) is -4.05. The fourth-order valence-electron chi connectivity index (χ4n) is 3.47. The van der Waals surface area contributed by atoms with Crippen molar-refractivity contribution in [1.82, 2.24) is 9.97 Å². The van der Waals surface area contributed by atoms with Crippen LogP contribution < -0.4 is 0 Å². The van der Waals surface area contributed by atoms with Gasteiger partial charge in [0.15, 0.2) is 0 Å². The van der Waals surface area contributed by atoms with Crippen LogP contribution in [0.4, 0.5) is 0 Å². The highest BCUT2D eigenvalue weighted by Gasteiger charge is 2.10. The highest BCUT2D eigenvalue weighted by Crippen LogP contribution is 2.32. The van der Waals surface area contributed by atoms with Gasteiger partial charge in [0.25, 0.3) is 0 Å². The van der Waals surface area contributed by atoms with Crippen LogP contribution in [0.3, 0.4) is 0 Å². The molecule has 0 aliphatic rings. The first-order valence-corrected chi connectivity index (χ1v) is 17.0. The number of nitrogens with zero attached hydrogens (tertiary/aromatic N) is 1. The third-order valence-corrected chi connectivity index (χ3v) is 10.8. The molecule has 8 rings (SSSR count). The molecule has 0 amide bonds. The Morgan fingerprint density at radius 2 is 1.26 bits per heavy atom. The molecule has 5 nitrogen and oxygen atoms in total. The molecule has 38 heavy (non-hydrogen) atoms. The van der Waals surface area contributed by atoms with Crippen LogP contribution >= 0.6 is 56.7 Å². The van der Waals surface area contributed by atoms with Crippen LogP contribution in [0.2, 0.25) is 0 Å². The first-order valence-electron chi connectivity index (χ1n) is 11.1. The second-order valence-electron chi connectivity index (χ2n) is 7.64. The molecule has 11 heteroatoms. The van der Waals surface area contributed by atoms with Crippen LogP contribution in [0, 0.1) is 0 Å². The molecule has 6 aromatic heterocycles. The highest BCUT2D eigenvalue weighted by atomic mass is 32.3. The summed E-state index contributed by atoms with van der Waals surface area (Å²) in [5.41, 5.74) is 1.27. The minimum absolute atomic E-state index is 0.262. The van der Waals surface area contributed by atoms with Gasteiger partial charge in [0, 0.05) is 26.4 Å². The van der Waals surface area contributed by atoms with Crippen molar-refractivity contribution in [3.63, 3.8) is 0 Å². The number of rotatable bonds is 1. The van der Waals surface area contributed by atoms with E-state index in [0.717, 1.165) is 11.3 Å². The van der Waals surface area contributed by atoms with Crippen molar-refractivity contribution in [2.75, 3.05) is 0 Å². The average molecular weight is 613 g/mol. The van der Waals surface area contributed by atoms with Crippen molar-refractivity contribution in [3.05, 3.63) is 106 Å². The molecule has 0 radical (unpaired) electrons. The van der Waals surface area contributed by atoms with E-state index in [9.17, 15) is 8.42 Å². The summed E-state index contributed by atoms with van der Waals surface area (Å²) in [6.45, 7) is 0. The molecule has 6 heterocycles. The van der Waals surface area contributed by atoms with E-state index in [4.69, 9.17) is 4.55 Å². The van der Waals surface area contributed by atoms with Gasteiger partial charge < -0.3 is 4.98 Å². The van der Waals surface area contributed by atoms with Crippen LogP contribution in [0.5, 0.6) is 0 Å². The zero-order chi connectivity index (χ0) is 26.4. The van der Waals surface area contributed by atoms with Crippen molar-refractivity contribution in [1.29, 1.82) is 0 Å². The number of fused-ring (bicyclic) bond motifs is 5. The number of hydrogen-bond acceptors (Lipinski definition) is 8. The first-order chi connectivity index (χ1) is 18.5. The van der Waals surface area contributed by atoms with E-state index in [-0.39, 0.29) is 4.34 Å². The van der Waals surface area contributed by atoms with Gasteiger partial charge in [-0.25, -0.2) is 4.98 Å². The molecule has 0 unspecified atom stereocenters. The minimum Gasteiger partial charge on any atom is -0.346 e. The second-order valence-corrected chi connectivity index (χ2v) is 13.9. The lowest BCUT2D eigenvalue weighted by atomic mass is 10.3. The third-order valence-electron chi connectivity index (χ3n) is 5.18. The predicted octanol–water partition coefficient (Wildman–Crippen LogP) is 9.64. The molecular formula is C27H20N2O3S6. The van der Waals surface area contributed by atoms with Gasteiger partial charge in [-0.05, 0) is 68.7 Å². The summed E-state index contributed by atoms with van der Waals surface area (Å²) in [5.74, 6) is 0. The maximum Gasteiger partial charge on any atom is 0.322 e. The molecule has 0 aliphatic heterocycles. The Bertz CT molecular complexity index is 1800. The standard InChI is InChI=1S/C8H5NS2.2C8H6S.C3H3NO3S2/c1-3-11-8-5(1)7-6(9-8)2-4-10-7;2*1-2-4-8-7(3-1)5-6-9-8;5-9(6,7)3-4-1-2-8-3/h1-4,9H;2*1-6H;1-2H,(H,5,6,7). The van der Waals surface area contributed by atoms with E-state index in [1.807, 2.05) is 0 Å². The highest BCUT2D eigenvalue weighted by molar-refractivity contribution is 7.87. The Labute approximate surface area is 239 Å². The Hall–Kier alpha value is -2.90. The Balaban J connectivity index is 0.000000104. The molecule has 0 aliphatic carbocycles. The normalized spacial score (nSPS) is 11.0. The van der Waals surface area contributed by atoms with E-state index >= 15 is 0 Å². The van der Waals surface area contributed by atoms with Gasteiger partial charge in [-0.1, -0.05) is 36.4 Å². The maximum atomic E-state index is 10.2. The van der Waals surface area contributed by atoms with Gasteiger partial charge in [-0.15, -0.1) is 56.7 Å². The van der Waals surface area contributed by atoms with E-state index in [1.54, 1.807) is 45.3 Å². The van der Waals surface area contributed by atoms with Gasteiger partial charge in [0.1, 0.15) is 4.83 Å². The minimum atomic E-state index is -4.05. The fraction of sp³-hybridized carbons (Fsp3) is 0. The van der Waals surface area contributed by atoms with Crippen LogP contribution in [0.15, 0.2) is 110 Å². The molecule has 0 saturated carbocycles. The molecule has 8 aromatic rings. The number of thiazole rings is 1. The molecule has 0 atom stereocenters. The largest absolute Gasteiger partial charge is 0.346 e. The molecule has 0 fully saturated rings. The fourth-order valence-corrected chi connectivity index (χ4v) is 8.02. The van der Waals surface area contributed by atoms with Crippen molar-refractivity contribution in [2.24, 2.45) is 0 Å². The number of thiophene rings is 4. The second kappa shape index (κ2) is 12.3. The van der Waals surface area contributed by atoms with Gasteiger partial charge in [-0.2, -0.15) is 8.42 Å². The summed E-state index contributed by atoms with van der Waals surface area (Å²) >= 11 is 8.03. The average Bonchev–Trinajstić information content (AvgIpc) is 3.75. The van der Waals surface area contributed by atoms with Crippen molar-refractivity contribution >= 4 is 107 Å². The van der Waals surface area contributed by atoms with Crippen molar-refractivity contribution in [3.8, 4) is 0 Å². The van der Waals surface area contributed by atoms with E-state index < -0.39 is 10.1 Å². The monoisotopic (exact) mass is 612 g/mol. The quantitative estimate of drug-likeness (QED) is 0.181. The maximum absolute atomic E-state index is 10.2. The topological polar surface area (TPSA) is 83.1 Å². The van der Waals surface area contributed by atoms with Crippen molar-refractivity contribution < 1.29 is 13.0 Å². The lowest BCUT2D eigenvalue weighted by Crippen LogP contribution is -1.95. The number of aromatic nitrogens is 2. The number of hydrogen-bond donors (Lipinski definition) is 2. The summed E-state index contributed by atoms with van der Waals surface area (Å²) < 4.78 is 32.6. The van der Waals surface area contributed by atoms with E-state index in [2.05, 4.69) is 104 Å². The Morgan fingerprint density at radius 3 is 1.82 bits per heavy atom. The zero-order valence-electron chi connectivity index (χ0n) is 19.6. The molecule has 192 valence electrons. The number of nitrogens with one attached hydrogen (secondary N) is 1. The number of aromatic amines is 1.